The van der Waals surface area contributed by atoms with Crippen LogP contribution in [-0.2, 0) is 9.53 Å². The standard InChI is InChI=1S/C12H21NO2/c1-11(2,3)9(8-4-5-8)15-10(14)12(13)6-7-12/h8-9H,4-7,13H2,1-3H3. The van der Waals surface area contributed by atoms with E-state index >= 15 is 0 Å². The van der Waals surface area contributed by atoms with Gasteiger partial charge in [0.15, 0.2) is 0 Å². The zero-order valence-corrected chi connectivity index (χ0v) is 9.88. The molecule has 2 aliphatic rings. The van der Waals surface area contributed by atoms with Crippen LogP contribution in [0.3, 0.4) is 0 Å². The van der Waals surface area contributed by atoms with Crippen LogP contribution in [0.15, 0.2) is 0 Å². The lowest BCUT2D eigenvalue weighted by Gasteiger charge is -2.31. The summed E-state index contributed by atoms with van der Waals surface area (Å²) in [7, 11) is 0. The predicted molar refractivity (Wildman–Crippen MR) is 58.2 cm³/mol. The molecule has 0 amide bonds. The van der Waals surface area contributed by atoms with Gasteiger partial charge in [-0.05, 0) is 37.0 Å². The van der Waals surface area contributed by atoms with Crippen molar-refractivity contribution in [3.05, 3.63) is 0 Å². The second kappa shape index (κ2) is 3.21. The molecule has 0 heterocycles. The van der Waals surface area contributed by atoms with Crippen molar-refractivity contribution in [1.82, 2.24) is 0 Å². The molecule has 2 aliphatic carbocycles. The van der Waals surface area contributed by atoms with Gasteiger partial charge in [0.25, 0.3) is 0 Å². The molecule has 0 bridgehead atoms. The van der Waals surface area contributed by atoms with Crippen molar-refractivity contribution in [2.75, 3.05) is 0 Å². The highest BCUT2D eigenvalue weighted by molar-refractivity contribution is 5.84. The highest BCUT2D eigenvalue weighted by atomic mass is 16.5. The fourth-order valence-corrected chi connectivity index (χ4v) is 1.95. The highest BCUT2D eigenvalue weighted by Crippen LogP contribution is 2.44. The van der Waals surface area contributed by atoms with Crippen LogP contribution in [0.5, 0.6) is 0 Å². The Morgan fingerprint density at radius 3 is 2.27 bits per heavy atom. The Morgan fingerprint density at radius 2 is 1.93 bits per heavy atom. The smallest absolute Gasteiger partial charge is 0.326 e. The first kappa shape index (κ1) is 10.9. The monoisotopic (exact) mass is 211 g/mol. The van der Waals surface area contributed by atoms with Crippen LogP contribution in [0.1, 0.15) is 46.5 Å². The summed E-state index contributed by atoms with van der Waals surface area (Å²) >= 11 is 0. The van der Waals surface area contributed by atoms with Gasteiger partial charge in [-0.1, -0.05) is 20.8 Å². The van der Waals surface area contributed by atoms with Crippen LogP contribution in [-0.4, -0.2) is 17.6 Å². The molecule has 0 aromatic rings. The van der Waals surface area contributed by atoms with Gasteiger partial charge in [-0.25, -0.2) is 0 Å². The molecular formula is C12H21NO2. The topological polar surface area (TPSA) is 52.3 Å². The lowest BCUT2D eigenvalue weighted by molar-refractivity contribution is -0.159. The first-order valence-corrected chi connectivity index (χ1v) is 5.83. The van der Waals surface area contributed by atoms with E-state index in [0.29, 0.717) is 5.92 Å². The van der Waals surface area contributed by atoms with Crippen molar-refractivity contribution < 1.29 is 9.53 Å². The summed E-state index contributed by atoms with van der Waals surface area (Å²) in [5.41, 5.74) is 5.22. The Kier molecular flexibility index (Phi) is 2.34. The van der Waals surface area contributed by atoms with Crippen LogP contribution in [0.25, 0.3) is 0 Å². The normalized spacial score (nSPS) is 25.9. The van der Waals surface area contributed by atoms with Gasteiger partial charge in [0.05, 0.1) is 0 Å². The lowest BCUT2D eigenvalue weighted by atomic mass is 9.86. The van der Waals surface area contributed by atoms with Crippen LogP contribution in [0.4, 0.5) is 0 Å². The molecule has 86 valence electrons. The number of hydrogen-bond donors (Lipinski definition) is 1. The Labute approximate surface area is 91.4 Å². The Hall–Kier alpha value is -0.570. The van der Waals surface area contributed by atoms with Crippen LogP contribution >= 0.6 is 0 Å². The average Bonchev–Trinajstić information content (AvgIpc) is 2.93. The molecule has 0 saturated heterocycles. The van der Waals surface area contributed by atoms with Gasteiger partial charge < -0.3 is 10.5 Å². The minimum absolute atomic E-state index is 0.0298. The van der Waals surface area contributed by atoms with Gasteiger partial charge in [0.1, 0.15) is 11.6 Å². The van der Waals surface area contributed by atoms with Crippen molar-refractivity contribution in [3.63, 3.8) is 0 Å². The summed E-state index contributed by atoms with van der Waals surface area (Å²) in [4.78, 5) is 11.8. The maximum absolute atomic E-state index is 11.8. The van der Waals surface area contributed by atoms with Gasteiger partial charge in [-0.15, -0.1) is 0 Å². The van der Waals surface area contributed by atoms with Crippen molar-refractivity contribution in [3.8, 4) is 0 Å². The molecule has 3 heteroatoms. The maximum Gasteiger partial charge on any atom is 0.326 e. The van der Waals surface area contributed by atoms with Crippen molar-refractivity contribution in [2.24, 2.45) is 17.1 Å². The Balaban J connectivity index is 1.97. The average molecular weight is 211 g/mol. The van der Waals surface area contributed by atoms with Crippen LogP contribution < -0.4 is 5.73 Å². The van der Waals surface area contributed by atoms with E-state index in [-0.39, 0.29) is 17.5 Å². The van der Waals surface area contributed by atoms with E-state index in [2.05, 4.69) is 20.8 Å². The molecule has 1 unspecified atom stereocenters. The minimum atomic E-state index is -0.640. The number of carbonyl (C=O) groups excluding carboxylic acids is 1. The minimum Gasteiger partial charge on any atom is -0.460 e. The van der Waals surface area contributed by atoms with E-state index in [9.17, 15) is 4.79 Å². The van der Waals surface area contributed by atoms with Crippen molar-refractivity contribution in [2.45, 2.75) is 58.1 Å². The van der Waals surface area contributed by atoms with Gasteiger partial charge >= 0.3 is 5.97 Å². The summed E-state index contributed by atoms with van der Waals surface area (Å²) in [5, 5.41) is 0. The van der Waals surface area contributed by atoms with Crippen molar-refractivity contribution in [1.29, 1.82) is 0 Å². The molecule has 2 rings (SSSR count). The molecule has 1 atom stereocenters. The number of hydrogen-bond acceptors (Lipinski definition) is 3. The van der Waals surface area contributed by atoms with Gasteiger partial charge in [0, 0.05) is 0 Å². The van der Waals surface area contributed by atoms with E-state index in [1.807, 2.05) is 0 Å². The van der Waals surface area contributed by atoms with Crippen LogP contribution in [0, 0.1) is 11.3 Å². The number of nitrogens with two attached hydrogens (primary N) is 1. The molecule has 0 aliphatic heterocycles. The van der Waals surface area contributed by atoms with Gasteiger partial charge in [0.2, 0.25) is 0 Å². The fraction of sp³-hybridized carbons (Fsp3) is 0.917. The molecule has 0 aromatic carbocycles. The van der Waals surface area contributed by atoms with E-state index in [1.54, 1.807) is 0 Å². The molecule has 15 heavy (non-hydrogen) atoms. The number of ether oxygens (including phenoxy) is 1. The van der Waals surface area contributed by atoms with Crippen LogP contribution in [0.2, 0.25) is 0 Å². The molecule has 3 nitrogen and oxygen atoms in total. The third-order valence-corrected chi connectivity index (χ3v) is 3.33. The second-order valence-electron chi connectivity index (χ2n) is 6.19. The lowest BCUT2D eigenvalue weighted by Crippen LogP contribution is -2.41. The predicted octanol–water partition coefficient (Wildman–Crippen LogP) is 1.85. The number of esters is 1. The molecular weight excluding hydrogens is 190 g/mol. The number of rotatable bonds is 3. The van der Waals surface area contributed by atoms with E-state index in [0.717, 1.165) is 12.8 Å². The molecule has 2 saturated carbocycles. The van der Waals surface area contributed by atoms with E-state index < -0.39 is 5.54 Å². The summed E-state index contributed by atoms with van der Waals surface area (Å²) in [6.07, 6.45) is 3.99. The summed E-state index contributed by atoms with van der Waals surface area (Å²) in [6, 6.07) is 0. The summed E-state index contributed by atoms with van der Waals surface area (Å²) < 4.78 is 5.60. The first-order chi connectivity index (χ1) is 6.83. The summed E-state index contributed by atoms with van der Waals surface area (Å²) in [6.45, 7) is 6.37. The third kappa shape index (κ3) is 2.33. The maximum atomic E-state index is 11.8. The zero-order valence-electron chi connectivity index (χ0n) is 9.88. The quantitative estimate of drug-likeness (QED) is 0.725. The molecule has 0 spiro atoms. The largest absolute Gasteiger partial charge is 0.460 e. The molecule has 2 fully saturated rings. The second-order valence-corrected chi connectivity index (χ2v) is 6.19. The third-order valence-electron chi connectivity index (χ3n) is 3.33. The van der Waals surface area contributed by atoms with Gasteiger partial charge in [-0.2, -0.15) is 0 Å². The van der Waals surface area contributed by atoms with Gasteiger partial charge in [-0.3, -0.25) is 4.79 Å². The fourth-order valence-electron chi connectivity index (χ4n) is 1.95. The zero-order chi connectivity index (χ0) is 11.3. The summed E-state index contributed by atoms with van der Waals surface area (Å²) in [5.74, 6) is 0.380. The Morgan fingerprint density at radius 1 is 1.40 bits per heavy atom. The van der Waals surface area contributed by atoms with E-state index in [1.165, 1.54) is 12.8 Å². The van der Waals surface area contributed by atoms with E-state index in [4.69, 9.17) is 10.5 Å². The van der Waals surface area contributed by atoms with Crippen molar-refractivity contribution >= 4 is 5.97 Å². The molecule has 0 aromatic heterocycles. The highest BCUT2D eigenvalue weighted by Gasteiger charge is 2.51. The molecule has 0 radical (unpaired) electrons. The molecule has 2 N–H and O–H groups in total. The number of carbonyl (C=O) groups is 1. The Bertz CT molecular complexity index is 272. The first-order valence-electron chi connectivity index (χ1n) is 5.83. The SMILES string of the molecule is CC(C)(C)C(OC(=O)C1(N)CC1)C1CC1.